The summed E-state index contributed by atoms with van der Waals surface area (Å²) in [6.45, 7) is 12.9. The zero-order valence-corrected chi connectivity index (χ0v) is 15.5. The molecule has 0 fully saturated rings. The van der Waals surface area contributed by atoms with Crippen LogP contribution in [-0.2, 0) is 10.1 Å². The lowest BCUT2D eigenvalue weighted by Gasteiger charge is -2.23. The van der Waals surface area contributed by atoms with E-state index in [2.05, 4.69) is 47.6 Å². The predicted octanol–water partition coefficient (Wildman–Crippen LogP) is 5.46. The predicted molar refractivity (Wildman–Crippen MR) is 96.0 cm³/mol. The Labute approximate surface area is 139 Å². The fraction of sp³-hybridized carbons (Fsp3) is 0.474. The highest BCUT2D eigenvalue weighted by atomic mass is 32.2. The molecule has 0 aromatic heterocycles. The van der Waals surface area contributed by atoms with Crippen LogP contribution in [0.2, 0.25) is 0 Å². The Kier molecular flexibility index (Phi) is 4.88. The molecule has 0 heterocycles. The van der Waals surface area contributed by atoms with Crippen LogP contribution >= 0.6 is 0 Å². The van der Waals surface area contributed by atoms with Gasteiger partial charge in [0.25, 0.3) is 10.1 Å². The van der Waals surface area contributed by atoms with E-state index < -0.39 is 10.1 Å². The highest BCUT2D eigenvalue weighted by Gasteiger charge is 2.20. The van der Waals surface area contributed by atoms with Gasteiger partial charge in [0.1, 0.15) is 0 Å². The van der Waals surface area contributed by atoms with Crippen LogP contribution in [0.15, 0.2) is 29.2 Å². The molecule has 0 radical (unpaired) electrons. The maximum atomic E-state index is 11.5. The Morgan fingerprint density at radius 1 is 0.783 bits per heavy atom. The molecule has 0 aliphatic heterocycles. The molecule has 0 aliphatic carbocycles. The van der Waals surface area contributed by atoms with Crippen molar-refractivity contribution in [1.82, 2.24) is 0 Å². The first-order chi connectivity index (χ1) is 10.5. The van der Waals surface area contributed by atoms with Crippen molar-refractivity contribution in [3.8, 4) is 0 Å². The molecule has 126 valence electrons. The molecular weight excluding hydrogens is 308 g/mol. The average molecular weight is 334 g/mol. The molecule has 0 amide bonds. The molecular formula is C19H26O3S. The molecule has 0 saturated heterocycles. The maximum absolute atomic E-state index is 11.5. The second-order valence-corrected chi connectivity index (χ2v) is 8.54. The largest absolute Gasteiger partial charge is 0.294 e. The maximum Gasteiger partial charge on any atom is 0.294 e. The van der Waals surface area contributed by atoms with E-state index in [0.717, 1.165) is 16.3 Å². The second-order valence-electron chi connectivity index (χ2n) is 7.12. The zero-order chi connectivity index (χ0) is 17.5. The van der Waals surface area contributed by atoms with Crippen molar-refractivity contribution in [2.45, 2.75) is 64.2 Å². The van der Waals surface area contributed by atoms with Gasteiger partial charge >= 0.3 is 0 Å². The molecule has 1 N–H and O–H groups in total. The summed E-state index contributed by atoms with van der Waals surface area (Å²) < 4.78 is 32.4. The molecule has 0 bridgehead atoms. The monoisotopic (exact) mass is 334 g/mol. The van der Waals surface area contributed by atoms with E-state index in [0.29, 0.717) is 11.8 Å². The summed E-state index contributed by atoms with van der Waals surface area (Å²) in [5.41, 5.74) is 3.70. The Balaban J connectivity index is 2.98. The van der Waals surface area contributed by atoms with Crippen molar-refractivity contribution >= 4 is 20.9 Å². The smallest absolute Gasteiger partial charge is 0.282 e. The fourth-order valence-corrected chi connectivity index (χ4v) is 3.74. The van der Waals surface area contributed by atoms with Gasteiger partial charge in [0.15, 0.2) is 0 Å². The minimum absolute atomic E-state index is 0.0427. The number of benzene rings is 2. The van der Waals surface area contributed by atoms with Crippen molar-refractivity contribution < 1.29 is 13.0 Å². The van der Waals surface area contributed by atoms with E-state index in [1.54, 1.807) is 6.07 Å². The summed E-state index contributed by atoms with van der Waals surface area (Å²) in [6.07, 6.45) is 0. The molecule has 3 nitrogen and oxygen atoms in total. The highest BCUT2D eigenvalue weighted by Crippen LogP contribution is 2.38. The van der Waals surface area contributed by atoms with E-state index in [4.69, 9.17) is 0 Å². The third-order valence-electron chi connectivity index (χ3n) is 4.33. The summed E-state index contributed by atoms with van der Waals surface area (Å²) in [5.74, 6) is 1.01. The summed E-state index contributed by atoms with van der Waals surface area (Å²) in [7, 11) is -4.20. The van der Waals surface area contributed by atoms with Gasteiger partial charge in [-0.3, -0.25) is 4.55 Å². The van der Waals surface area contributed by atoms with Crippen LogP contribution in [0.1, 0.15) is 76.0 Å². The first kappa shape index (κ1) is 18.0. The van der Waals surface area contributed by atoms with Crippen molar-refractivity contribution in [3.63, 3.8) is 0 Å². The van der Waals surface area contributed by atoms with Crippen LogP contribution in [0.3, 0.4) is 0 Å². The third-order valence-corrected chi connectivity index (χ3v) is 5.18. The molecule has 2 aromatic rings. The SMILES string of the molecule is CC(C)c1cc(C(C)C)c2cc(S(=O)(=O)O)ccc2c1C(C)C. The minimum Gasteiger partial charge on any atom is -0.282 e. The van der Waals surface area contributed by atoms with Gasteiger partial charge in [0.2, 0.25) is 0 Å². The van der Waals surface area contributed by atoms with Gasteiger partial charge in [-0.2, -0.15) is 8.42 Å². The van der Waals surface area contributed by atoms with Crippen molar-refractivity contribution in [1.29, 1.82) is 0 Å². The van der Waals surface area contributed by atoms with Gasteiger partial charge in [0, 0.05) is 0 Å². The molecule has 0 saturated carbocycles. The summed E-state index contributed by atoms with van der Waals surface area (Å²) in [5, 5.41) is 2.01. The minimum atomic E-state index is -4.20. The fourth-order valence-electron chi connectivity index (χ4n) is 3.24. The normalized spacial score (nSPS) is 12.8. The Hall–Kier alpha value is -1.39. The lowest BCUT2D eigenvalue weighted by atomic mass is 9.82. The number of fused-ring (bicyclic) bond motifs is 1. The van der Waals surface area contributed by atoms with E-state index in [1.165, 1.54) is 17.2 Å². The van der Waals surface area contributed by atoms with Gasteiger partial charge in [-0.15, -0.1) is 0 Å². The van der Waals surface area contributed by atoms with Gasteiger partial charge in [0.05, 0.1) is 4.90 Å². The molecule has 0 spiro atoms. The van der Waals surface area contributed by atoms with Crippen LogP contribution in [-0.4, -0.2) is 13.0 Å². The van der Waals surface area contributed by atoms with Crippen LogP contribution in [0, 0.1) is 0 Å². The van der Waals surface area contributed by atoms with Gasteiger partial charge in [-0.05, 0) is 57.3 Å². The van der Waals surface area contributed by atoms with E-state index >= 15 is 0 Å². The highest BCUT2D eigenvalue weighted by molar-refractivity contribution is 7.85. The Bertz CT molecular complexity index is 831. The van der Waals surface area contributed by atoms with Crippen LogP contribution in [0.4, 0.5) is 0 Å². The zero-order valence-electron chi connectivity index (χ0n) is 14.7. The average Bonchev–Trinajstić information content (AvgIpc) is 2.43. The molecule has 4 heteroatoms. The van der Waals surface area contributed by atoms with Crippen LogP contribution in [0.25, 0.3) is 10.8 Å². The molecule has 2 rings (SSSR count). The number of hydrogen-bond acceptors (Lipinski definition) is 2. The molecule has 23 heavy (non-hydrogen) atoms. The topological polar surface area (TPSA) is 54.4 Å². The standard InChI is InChI=1S/C19H26O3S/c1-11(2)16-10-17(12(3)4)19(13(5)6)15-8-7-14(9-18(15)16)23(20,21)22/h7-13H,1-6H3,(H,20,21,22). The van der Waals surface area contributed by atoms with Crippen molar-refractivity contribution in [3.05, 3.63) is 41.0 Å². The molecule has 0 aliphatic rings. The summed E-state index contributed by atoms with van der Waals surface area (Å²) in [4.78, 5) is -0.0427. The molecule has 2 aromatic carbocycles. The number of hydrogen-bond donors (Lipinski definition) is 1. The van der Waals surface area contributed by atoms with Crippen molar-refractivity contribution in [2.75, 3.05) is 0 Å². The van der Waals surface area contributed by atoms with Crippen LogP contribution < -0.4 is 0 Å². The van der Waals surface area contributed by atoms with E-state index in [1.807, 2.05) is 6.07 Å². The first-order valence-corrected chi connectivity index (χ1v) is 9.56. The van der Waals surface area contributed by atoms with Gasteiger partial charge < -0.3 is 0 Å². The Morgan fingerprint density at radius 2 is 1.35 bits per heavy atom. The first-order valence-electron chi connectivity index (χ1n) is 8.12. The number of rotatable bonds is 4. The quantitative estimate of drug-likeness (QED) is 0.756. The molecule has 0 unspecified atom stereocenters. The third kappa shape index (κ3) is 3.43. The summed E-state index contributed by atoms with van der Waals surface area (Å²) in [6, 6.07) is 7.15. The van der Waals surface area contributed by atoms with Gasteiger partial charge in [-0.25, -0.2) is 0 Å². The lowest BCUT2D eigenvalue weighted by Crippen LogP contribution is -2.05. The van der Waals surface area contributed by atoms with Crippen molar-refractivity contribution in [2.24, 2.45) is 0 Å². The van der Waals surface area contributed by atoms with Crippen LogP contribution in [0.5, 0.6) is 0 Å². The summed E-state index contributed by atoms with van der Waals surface area (Å²) >= 11 is 0. The lowest BCUT2D eigenvalue weighted by molar-refractivity contribution is 0.483. The van der Waals surface area contributed by atoms with Gasteiger partial charge in [-0.1, -0.05) is 53.7 Å². The Morgan fingerprint density at radius 3 is 1.78 bits per heavy atom. The molecule has 0 atom stereocenters. The second kappa shape index (κ2) is 6.25. The van der Waals surface area contributed by atoms with E-state index in [9.17, 15) is 13.0 Å². The van der Waals surface area contributed by atoms with E-state index in [-0.39, 0.29) is 10.8 Å².